The van der Waals surface area contributed by atoms with Crippen LogP contribution in [0.3, 0.4) is 0 Å². The van der Waals surface area contributed by atoms with Crippen molar-refractivity contribution in [1.29, 1.82) is 5.41 Å². The van der Waals surface area contributed by atoms with Crippen molar-refractivity contribution in [3.8, 4) is 11.1 Å². The first kappa shape index (κ1) is 21.5. The van der Waals surface area contributed by atoms with Crippen LogP contribution in [0, 0.1) is 5.41 Å². The molecule has 8 nitrogen and oxygen atoms in total. The molecule has 1 saturated carbocycles. The molecule has 0 bridgehead atoms. The molecule has 1 aliphatic rings. The number of hydrogen-bond donors (Lipinski definition) is 4. The summed E-state index contributed by atoms with van der Waals surface area (Å²) in [4.78, 5) is 19.8. The molecule has 1 aromatic carbocycles. The zero-order valence-corrected chi connectivity index (χ0v) is 18.1. The van der Waals surface area contributed by atoms with Crippen LogP contribution in [0.15, 0.2) is 58.7 Å². The predicted octanol–water partition coefficient (Wildman–Crippen LogP) is 4.06. The number of aromatic nitrogens is 3. The number of aryl methyl sites for hydroxylation is 1. The molecule has 0 atom stereocenters. The van der Waals surface area contributed by atoms with Crippen LogP contribution in [-0.2, 0) is 6.54 Å². The lowest BCUT2D eigenvalue weighted by Crippen LogP contribution is -2.29. The molecule has 0 amide bonds. The van der Waals surface area contributed by atoms with Gasteiger partial charge in [0.2, 0.25) is 0 Å². The number of nitrogens with two attached hydrogens (primary N) is 1. The van der Waals surface area contributed by atoms with Crippen molar-refractivity contribution in [3.63, 3.8) is 0 Å². The largest absolute Gasteiger partial charge is 0.383 e. The summed E-state index contributed by atoms with van der Waals surface area (Å²) >= 11 is 0. The Morgan fingerprint density at radius 1 is 1.22 bits per heavy atom. The maximum Gasteiger partial charge on any atom is 0.261 e. The van der Waals surface area contributed by atoms with E-state index in [2.05, 4.69) is 20.4 Å². The molecule has 8 heteroatoms. The number of amidine groups is 1. The third-order valence-corrected chi connectivity index (χ3v) is 5.77. The molecular weight excluding hydrogens is 402 g/mol. The SMILES string of the molecule is N=CCCn1cc(-c2ccc(N=C(N)c3c(NC4CCCCC4)cc[nH]c3=O)cc2)cn1. The summed E-state index contributed by atoms with van der Waals surface area (Å²) in [5, 5.41) is 15.0. The fourth-order valence-corrected chi connectivity index (χ4v) is 4.08. The molecule has 1 aliphatic carbocycles. The third kappa shape index (κ3) is 5.14. The number of nitrogens with zero attached hydrogens (tertiary/aromatic N) is 3. The summed E-state index contributed by atoms with van der Waals surface area (Å²) in [5.74, 6) is 0.192. The standard InChI is InChI=1S/C24H29N7O/c25-12-4-14-31-16-18(15-28-31)17-7-9-20(10-8-17)30-23(26)22-21(11-13-27-24(22)32)29-19-5-2-1-3-6-19/h7-13,15-16,19,25H,1-6,14H2,(H2,26,30)(H2,27,29,32). The Balaban J connectivity index is 1.53. The minimum absolute atomic E-state index is 0.192. The normalized spacial score (nSPS) is 14.9. The molecule has 0 saturated heterocycles. The molecule has 0 unspecified atom stereocenters. The van der Waals surface area contributed by atoms with Crippen LogP contribution in [0.5, 0.6) is 0 Å². The molecule has 5 N–H and O–H groups in total. The van der Waals surface area contributed by atoms with Gasteiger partial charge >= 0.3 is 0 Å². The van der Waals surface area contributed by atoms with Gasteiger partial charge in [-0.15, -0.1) is 0 Å². The van der Waals surface area contributed by atoms with E-state index in [4.69, 9.17) is 11.1 Å². The van der Waals surface area contributed by atoms with Gasteiger partial charge in [-0.1, -0.05) is 31.4 Å². The lowest BCUT2D eigenvalue weighted by Gasteiger charge is -2.24. The van der Waals surface area contributed by atoms with Crippen molar-refractivity contribution in [2.75, 3.05) is 5.32 Å². The Bertz CT molecular complexity index is 1140. The van der Waals surface area contributed by atoms with Crippen molar-refractivity contribution in [1.82, 2.24) is 14.8 Å². The second-order valence-corrected chi connectivity index (χ2v) is 8.10. The fourth-order valence-electron chi connectivity index (χ4n) is 4.08. The van der Waals surface area contributed by atoms with Gasteiger partial charge in [-0.05, 0) is 42.8 Å². The molecule has 0 aliphatic heterocycles. The number of hydrogen-bond acceptors (Lipinski definition) is 5. The Morgan fingerprint density at radius 3 is 2.75 bits per heavy atom. The number of H-pyrrole nitrogens is 1. The average Bonchev–Trinajstić information content (AvgIpc) is 3.28. The van der Waals surface area contributed by atoms with Crippen LogP contribution in [0.25, 0.3) is 11.1 Å². The van der Waals surface area contributed by atoms with Crippen molar-refractivity contribution in [2.45, 2.75) is 51.1 Å². The van der Waals surface area contributed by atoms with E-state index in [0.717, 1.165) is 29.7 Å². The Morgan fingerprint density at radius 2 is 2.00 bits per heavy atom. The molecule has 32 heavy (non-hydrogen) atoms. The van der Waals surface area contributed by atoms with E-state index in [0.29, 0.717) is 30.3 Å². The summed E-state index contributed by atoms with van der Waals surface area (Å²) in [7, 11) is 0. The lowest BCUT2D eigenvalue weighted by atomic mass is 9.95. The fraction of sp³-hybridized carbons (Fsp3) is 0.333. The Hall–Kier alpha value is -3.68. The number of rotatable bonds is 8. The van der Waals surface area contributed by atoms with Crippen molar-refractivity contribution < 1.29 is 0 Å². The molecule has 0 radical (unpaired) electrons. The smallest absolute Gasteiger partial charge is 0.261 e. The van der Waals surface area contributed by atoms with Crippen LogP contribution >= 0.6 is 0 Å². The Kier molecular flexibility index (Phi) is 6.79. The highest BCUT2D eigenvalue weighted by atomic mass is 16.1. The van der Waals surface area contributed by atoms with Gasteiger partial charge in [0.05, 0.1) is 17.6 Å². The first-order valence-electron chi connectivity index (χ1n) is 11.1. The zero-order valence-electron chi connectivity index (χ0n) is 18.1. The van der Waals surface area contributed by atoms with Crippen LogP contribution in [-0.4, -0.2) is 32.9 Å². The number of anilines is 1. The maximum atomic E-state index is 12.6. The van der Waals surface area contributed by atoms with Gasteiger partial charge in [0.25, 0.3) is 5.56 Å². The van der Waals surface area contributed by atoms with E-state index in [-0.39, 0.29) is 11.4 Å². The van der Waals surface area contributed by atoms with Gasteiger partial charge in [0.15, 0.2) is 0 Å². The maximum absolute atomic E-state index is 12.6. The molecule has 4 rings (SSSR count). The Labute approximate surface area is 187 Å². The van der Waals surface area contributed by atoms with Crippen LogP contribution < -0.4 is 16.6 Å². The molecule has 166 valence electrons. The van der Waals surface area contributed by atoms with E-state index < -0.39 is 0 Å². The number of pyridine rings is 1. The van der Waals surface area contributed by atoms with Gasteiger partial charge in [-0.3, -0.25) is 9.48 Å². The zero-order chi connectivity index (χ0) is 22.3. The van der Waals surface area contributed by atoms with Crippen LogP contribution in [0.2, 0.25) is 0 Å². The molecule has 2 heterocycles. The summed E-state index contributed by atoms with van der Waals surface area (Å²) in [6, 6.07) is 9.88. The summed E-state index contributed by atoms with van der Waals surface area (Å²) in [6.45, 7) is 0.686. The number of aliphatic imine (C=N–C) groups is 1. The predicted molar refractivity (Wildman–Crippen MR) is 129 cm³/mol. The number of nitrogens with one attached hydrogen (secondary N) is 3. The first-order chi connectivity index (χ1) is 15.6. The second kappa shape index (κ2) is 10.1. The van der Waals surface area contributed by atoms with Gasteiger partial charge in [-0.2, -0.15) is 5.10 Å². The van der Waals surface area contributed by atoms with E-state index in [1.165, 1.54) is 25.5 Å². The van der Waals surface area contributed by atoms with Crippen molar-refractivity contribution in [2.24, 2.45) is 10.7 Å². The minimum Gasteiger partial charge on any atom is -0.383 e. The van der Waals surface area contributed by atoms with Gasteiger partial charge in [0.1, 0.15) is 11.4 Å². The first-order valence-corrected chi connectivity index (χ1v) is 11.1. The second-order valence-electron chi connectivity index (χ2n) is 8.10. The highest BCUT2D eigenvalue weighted by Crippen LogP contribution is 2.25. The van der Waals surface area contributed by atoms with Gasteiger partial charge < -0.3 is 21.4 Å². The molecule has 3 aromatic rings. The minimum atomic E-state index is -0.249. The van der Waals surface area contributed by atoms with Crippen molar-refractivity contribution in [3.05, 3.63) is 64.8 Å². The summed E-state index contributed by atoms with van der Waals surface area (Å²) in [6.07, 6.45) is 13.3. The summed E-state index contributed by atoms with van der Waals surface area (Å²) in [5.41, 5.74) is 9.85. The monoisotopic (exact) mass is 431 g/mol. The van der Waals surface area contributed by atoms with E-state index >= 15 is 0 Å². The molecule has 0 spiro atoms. The lowest BCUT2D eigenvalue weighted by molar-refractivity contribution is 0.462. The van der Waals surface area contributed by atoms with E-state index in [1.54, 1.807) is 6.20 Å². The molecular formula is C24H29N7O. The summed E-state index contributed by atoms with van der Waals surface area (Å²) < 4.78 is 1.83. The van der Waals surface area contributed by atoms with E-state index in [1.807, 2.05) is 47.4 Å². The number of benzene rings is 1. The third-order valence-electron chi connectivity index (χ3n) is 5.77. The quantitative estimate of drug-likeness (QED) is 0.317. The molecule has 2 aromatic heterocycles. The van der Waals surface area contributed by atoms with Crippen molar-refractivity contribution >= 4 is 23.4 Å². The average molecular weight is 432 g/mol. The van der Waals surface area contributed by atoms with E-state index in [9.17, 15) is 4.79 Å². The highest BCUT2D eigenvalue weighted by molar-refractivity contribution is 6.03. The number of aromatic amines is 1. The van der Waals surface area contributed by atoms with Crippen LogP contribution in [0.1, 0.15) is 44.1 Å². The highest BCUT2D eigenvalue weighted by Gasteiger charge is 2.17. The topological polar surface area (TPSA) is 125 Å². The van der Waals surface area contributed by atoms with Gasteiger partial charge in [-0.25, -0.2) is 4.99 Å². The van der Waals surface area contributed by atoms with Gasteiger partial charge in [0, 0.05) is 37.0 Å². The van der Waals surface area contributed by atoms with Crippen LogP contribution in [0.4, 0.5) is 11.4 Å². The molecule has 1 fully saturated rings.